The number of Topliss-reactive ketones (excluding diaryl/α,β-unsaturated/α-hetero) is 2. The van der Waals surface area contributed by atoms with Gasteiger partial charge in [0, 0.05) is 12.0 Å². The number of ketones is 2. The summed E-state index contributed by atoms with van der Waals surface area (Å²) in [7, 11) is 0. The van der Waals surface area contributed by atoms with Crippen LogP contribution in [0.4, 0.5) is 8.78 Å². The monoisotopic (exact) mass is 278 g/mol. The number of carbonyl (C=O) groups is 2. The second-order valence-electron chi connectivity index (χ2n) is 4.62. The van der Waals surface area contributed by atoms with Crippen molar-refractivity contribution in [2.45, 2.75) is 12.3 Å². The molecule has 2 N–H and O–H groups in total. The molecule has 0 fully saturated rings. The number of rotatable bonds is 0. The van der Waals surface area contributed by atoms with E-state index in [4.69, 9.17) is 0 Å². The maximum absolute atomic E-state index is 14.0. The molecule has 0 saturated carbocycles. The number of allylic oxidation sites excluding steroid dienone is 2. The molecule has 0 aliphatic heterocycles. The van der Waals surface area contributed by atoms with Crippen molar-refractivity contribution in [3.05, 3.63) is 52.4 Å². The molecule has 0 spiro atoms. The minimum absolute atomic E-state index is 0.250. The van der Waals surface area contributed by atoms with Gasteiger partial charge in [-0.15, -0.1) is 0 Å². The van der Waals surface area contributed by atoms with Crippen LogP contribution >= 0.6 is 0 Å². The van der Waals surface area contributed by atoms with Crippen LogP contribution in [0, 0.1) is 0 Å². The molecule has 2 aliphatic rings. The van der Waals surface area contributed by atoms with E-state index < -0.39 is 46.6 Å². The molecule has 3 rings (SSSR count). The number of fused-ring (bicyclic) bond motifs is 1. The number of halogens is 2. The third kappa shape index (κ3) is 1.48. The van der Waals surface area contributed by atoms with E-state index in [1.165, 1.54) is 18.2 Å². The van der Waals surface area contributed by atoms with Crippen molar-refractivity contribution in [2.75, 3.05) is 0 Å². The van der Waals surface area contributed by atoms with Crippen molar-refractivity contribution in [2.24, 2.45) is 0 Å². The van der Waals surface area contributed by atoms with Gasteiger partial charge in [-0.2, -0.15) is 0 Å². The van der Waals surface area contributed by atoms with Crippen molar-refractivity contribution in [3.63, 3.8) is 0 Å². The van der Waals surface area contributed by atoms with E-state index in [1.54, 1.807) is 0 Å². The van der Waals surface area contributed by atoms with E-state index >= 15 is 0 Å². The normalized spacial score (nSPS) is 25.2. The minimum Gasteiger partial charge on any atom is -0.507 e. The molecule has 4 nitrogen and oxygen atoms in total. The van der Waals surface area contributed by atoms with E-state index in [-0.39, 0.29) is 11.1 Å². The highest BCUT2D eigenvalue weighted by molar-refractivity contribution is 6.30. The Bertz CT molecular complexity index is 729. The van der Waals surface area contributed by atoms with Crippen LogP contribution in [0.2, 0.25) is 0 Å². The van der Waals surface area contributed by atoms with E-state index in [0.717, 1.165) is 0 Å². The van der Waals surface area contributed by atoms with Crippen molar-refractivity contribution < 1.29 is 28.6 Å². The summed E-state index contributed by atoms with van der Waals surface area (Å²) in [5.41, 5.74) is -2.35. The van der Waals surface area contributed by atoms with Crippen molar-refractivity contribution in [1.82, 2.24) is 0 Å². The summed E-state index contributed by atoms with van der Waals surface area (Å²) < 4.78 is 27.8. The molecule has 20 heavy (non-hydrogen) atoms. The van der Waals surface area contributed by atoms with Gasteiger partial charge >= 0.3 is 0 Å². The smallest absolute Gasteiger partial charge is 0.241 e. The van der Waals surface area contributed by atoms with Crippen LogP contribution in [0.25, 0.3) is 0 Å². The number of aromatic hydroxyl groups is 1. The zero-order chi connectivity index (χ0) is 14.7. The number of carbonyl (C=O) groups excluding carboxylic acids is 2. The van der Waals surface area contributed by atoms with Crippen LogP contribution < -0.4 is 0 Å². The van der Waals surface area contributed by atoms with Crippen molar-refractivity contribution in [1.29, 1.82) is 0 Å². The maximum atomic E-state index is 14.0. The summed E-state index contributed by atoms with van der Waals surface area (Å²) in [6.07, 6.45) is -0.0418. The Kier molecular flexibility index (Phi) is 2.43. The minimum atomic E-state index is -3.10. The first-order chi connectivity index (χ1) is 9.34. The van der Waals surface area contributed by atoms with E-state index in [2.05, 4.69) is 0 Å². The van der Waals surface area contributed by atoms with Gasteiger partial charge in [0.25, 0.3) is 0 Å². The lowest BCUT2D eigenvalue weighted by atomic mass is 9.77. The van der Waals surface area contributed by atoms with Gasteiger partial charge < -0.3 is 10.2 Å². The van der Waals surface area contributed by atoms with Gasteiger partial charge in [0.2, 0.25) is 11.6 Å². The molecular weight excluding hydrogens is 270 g/mol. The highest BCUT2D eigenvalue weighted by Crippen LogP contribution is 2.43. The molecule has 0 bridgehead atoms. The Morgan fingerprint density at radius 1 is 1.20 bits per heavy atom. The topological polar surface area (TPSA) is 74.6 Å². The Morgan fingerprint density at radius 3 is 2.60 bits per heavy atom. The summed E-state index contributed by atoms with van der Waals surface area (Å²) in [6, 6.07) is 3.68. The zero-order valence-corrected chi connectivity index (χ0v) is 9.98. The van der Waals surface area contributed by atoms with Gasteiger partial charge in [-0.25, -0.2) is 8.78 Å². The number of alkyl halides is 1. The lowest BCUT2D eigenvalue weighted by molar-refractivity contribution is -0.0501. The molecule has 1 atom stereocenters. The highest BCUT2D eigenvalue weighted by atomic mass is 19.2. The van der Waals surface area contributed by atoms with Crippen LogP contribution in [0.5, 0.6) is 5.75 Å². The molecule has 1 aromatic rings. The summed E-state index contributed by atoms with van der Waals surface area (Å²) >= 11 is 0. The van der Waals surface area contributed by atoms with E-state index in [1.807, 2.05) is 0 Å². The van der Waals surface area contributed by atoms with Crippen LogP contribution in [0.15, 0.2) is 41.2 Å². The molecule has 1 unspecified atom stereocenters. The SMILES string of the molecule is O=C1C2=C(C(=O)c3c(O)cccc31)C(F)=CCC2(O)F. The van der Waals surface area contributed by atoms with Crippen LogP contribution in [-0.2, 0) is 0 Å². The van der Waals surface area contributed by atoms with Crippen molar-refractivity contribution >= 4 is 11.6 Å². The van der Waals surface area contributed by atoms with Gasteiger partial charge in [0.05, 0.1) is 16.7 Å². The van der Waals surface area contributed by atoms with Crippen molar-refractivity contribution in [3.8, 4) is 5.75 Å². The first-order valence-corrected chi connectivity index (χ1v) is 5.78. The third-order valence-electron chi connectivity index (χ3n) is 3.39. The Labute approximate surface area is 111 Å². The van der Waals surface area contributed by atoms with Gasteiger partial charge in [0.15, 0.2) is 5.78 Å². The molecular formula is C14H8F2O4. The fourth-order valence-electron chi connectivity index (χ4n) is 2.48. The summed E-state index contributed by atoms with van der Waals surface area (Å²) in [4.78, 5) is 24.4. The molecule has 2 aliphatic carbocycles. The van der Waals surface area contributed by atoms with Crippen LogP contribution in [0.3, 0.4) is 0 Å². The zero-order valence-electron chi connectivity index (χ0n) is 9.98. The fourth-order valence-corrected chi connectivity index (χ4v) is 2.48. The van der Waals surface area contributed by atoms with E-state index in [0.29, 0.717) is 6.08 Å². The fraction of sp³-hybridized carbons (Fsp3) is 0.143. The quantitative estimate of drug-likeness (QED) is 0.761. The summed E-state index contributed by atoms with van der Waals surface area (Å²) in [6.45, 7) is 0. The lowest BCUT2D eigenvalue weighted by Crippen LogP contribution is -2.38. The molecule has 0 amide bonds. The van der Waals surface area contributed by atoms with Gasteiger partial charge in [-0.1, -0.05) is 12.1 Å². The molecule has 0 saturated heterocycles. The number of phenolic OH excluding ortho intramolecular Hbond substituents is 1. The van der Waals surface area contributed by atoms with Crippen LogP contribution in [0.1, 0.15) is 27.1 Å². The maximum Gasteiger partial charge on any atom is 0.241 e. The molecule has 102 valence electrons. The number of hydrogen-bond donors (Lipinski definition) is 2. The highest BCUT2D eigenvalue weighted by Gasteiger charge is 2.48. The first kappa shape index (κ1) is 12.7. The Balaban J connectivity index is 2.36. The number of benzene rings is 1. The number of phenols is 1. The molecule has 1 aromatic carbocycles. The van der Waals surface area contributed by atoms with Gasteiger partial charge in [-0.3, -0.25) is 9.59 Å². The molecule has 6 heteroatoms. The predicted molar refractivity (Wildman–Crippen MR) is 63.7 cm³/mol. The Hall–Kier alpha value is -2.34. The largest absolute Gasteiger partial charge is 0.507 e. The molecule has 0 aromatic heterocycles. The Morgan fingerprint density at radius 2 is 1.90 bits per heavy atom. The average Bonchev–Trinajstić information content (AvgIpc) is 2.38. The second-order valence-corrected chi connectivity index (χ2v) is 4.62. The second kappa shape index (κ2) is 3.83. The van der Waals surface area contributed by atoms with Crippen LogP contribution in [-0.4, -0.2) is 27.6 Å². The standard InChI is InChI=1S/C14H8F2O4/c15-7-4-5-14(16,20)11-10(7)13(19)9-6(12(11)18)2-1-3-8(9)17/h1-4,17,20H,5H2. The molecule has 0 radical (unpaired) electrons. The number of hydrogen-bond acceptors (Lipinski definition) is 4. The van der Waals surface area contributed by atoms with Gasteiger partial charge in [0.1, 0.15) is 11.6 Å². The lowest BCUT2D eigenvalue weighted by Gasteiger charge is -2.30. The average molecular weight is 278 g/mol. The predicted octanol–water partition coefficient (Wildman–Crippen LogP) is 1.98. The molecule has 0 heterocycles. The number of aliphatic hydroxyl groups is 1. The summed E-state index contributed by atoms with van der Waals surface area (Å²) in [5, 5.41) is 19.3. The van der Waals surface area contributed by atoms with E-state index in [9.17, 15) is 28.6 Å². The van der Waals surface area contributed by atoms with Gasteiger partial charge in [-0.05, 0) is 12.1 Å². The summed E-state index contributed by atoms with van der Waals surface area (Å²) in [5.74, 6) is -6.68. The first-order valence-electron chi connectivity index (χ1n) is 5.78. The third-order valence-corrected chi connectivity index (χ3v) is 3.39.